The molecule has 0 saturated heterocycles. The Kier molecular flexibility index (Phi) is 3.58. The molecule has 0 aliphatic heterocycles. The number of nitrogens with two attached hydrogens (primary N) is 1. The van der Waals surface area contributed by atoms with Gasteiger partial charge in [0.05, 0.1) is 4.90 Å². The van der Waals surface area contributed by atoms with Crippen molar-refractivity contribution >= 4 is 21.6 Å². The minimum atomic E-state index is -3.72. The highest BCUT2D eigenvalue weighted by Gasteiger charge is 2.08. The fourth-order valence-electron chi connectivity index (χ4n) is 1.39. The molecule has 0 aliphatic carbocycles. The van der Waals surface area contributed by atoms with Crippen LogP contribution >= 0.6 is 0 Å². The highest BCUT2D eigenvalue weighted by Crippen LogP contribution is 2.12. The van der Waals surface area contributed by atoms with Gasteiger partial charge in [-0.3, -0.25) is 4.79 Å². The average Bonchev–Trinajstić information content (AvgIpc) is 2.81. The lowest BCUT2D eigenvalue weighted by Crippen LogP contribution is -2.19. The monoisotopic (exact) mass is 281 g/mol. The van der Waals surface area contributed by atoms with Crippen LogP contribution in [0.4, 0.5) is 5.69 Å². The molecule has 0 atom stereocenters. The van der Waals surface area contributed by atoms with Gasteiger partial charge in [0.25, 0.3) is 0 Å². The van der Waals surface area contributed by atoms with Crippen molar-refractivity contribution in [2.75, 3.05) is 5.32 Å². The molecule has 0 aliphatic rings. The predicted molar refractivity (Wildman–Crippen MR) is 66.5 cm³/mol. The summed E-state index contributed by atoms with van der Waals surface area (Å²) in [6.07, 6.45) is 2.75. The van der Waals surface area contributed by atoms with E-state index in [1.165, 1.54) is 41.6 Å². The summed E-state index contributed by atoms with van der Waals surface area (Å²) < 4.78 is 23.5. The van der Waals surface area contributed by atoms with Gasteiger partial charge in [-0.1, -0.05) is 0 Å². The van der Waals surface area contributed by atoms with Crippen LogP contribution in [0, 0.1) is 0 Å². The number of rotatable bonds is 4. The predicted octanol–water partition coefficient (Wildman–Crippen LogP) is -0.436. The zero-order valence-electron chi connectivity index (χ0n) is 9.72. The number of hydrogen-bond acceptors (Lipinski definition) is 5. The Bertz CT molecular complexity index is 664. The van der Waals surface area contributed by atoms with Crippen LogP contribution in [0.15, 0.2) is 41.8 Å². The SMILES string of the molecule is NS(=O)(=O)c1ccc(NC(=O)Cn2cncn2)cc1. The van der Waals surface area contributed by atoms with E-state index in [2.05, 4.69) is 15.4 Å². The van der Waals surface area contributed by atoms with Crippen molar-refractivity contribution in [2.24, 2.45) is 5.14 Å². The third kappa shape index (κ3) is 3.60. The number of benzene rings is 1. The fraction of sp³-hybridized carbons (Fsp3) is 0.100. The smallest absolute Gasteiger partial charge is 0.246 e. The van der Waals surface area contributed by atoms with Crippen LogP contribution in [0.3, 0.4) is 0 Å². The summed E-state index contributed by atoms with van der Waals surface area (Å²) in [7, 11) is -3.72. The molecule has 2 aromatic rings. The summed E-state index contributed by atoms with van der Waals surface area (Å²) in [5.74, 6) is -0.297. The number of carbonyl (C=O) groups is 1. The van der Waals surface area contributed by atoms with Crippen molar-refractivity contribution in [1.29, 1.82) is 0 Å². The lowest BCUT2D eigenvalue weighted by molar-refractivity contribution is -0.116. The fourth-order valence-corrected chi connectivity index (χ4v) is 1.91. The van der Waals surface area contributed by atoms with E-state index in [9.17, 15) is 13.2 Å². The van der Waals surface area contributed by atoms with Crippen molar-refractivity contribution in [3.63, 3.8) is 0 Å². The highest BCUT2D eigenvalue weighted by molar-refractivity contribution is 7.89. The maximum atomic E-state index is 11.6. The van der Waals surface area contributed by atoms with Gasteiger partial charge in [-0.2, -0.15) is 5.10 Å². The molecule has 0 saturated carbocycles. The van der Waals surface area contributed by atoms with Gasteiger partial charge in [0.1, 0.15) is 19.2 Å². The van der Waals surface area contributed by atoms with E-state index in [1.54, 1.807) is 0 Å². The van der Waals surface area contributed by atoms with Gasteiger partial charge in [0, 0.05) is 5.69 Å². The minimum Gasteiger partial charge on any atom is -0.324 e. The molecule has 1 aromatic carbocycles. The molecule has 0 unspecified atom stereocenters. The molecule has 1 amide bonds. The first-order valence-electron chi connectivity index (χ1n) is 5.20. The minimum absolute atomic E-state index is 0.0122. The first-order valence-corrected chi connectivity index (χ1v) is 6.75. The lowest BCUT2D eigenvalue weighted by atomic mass is 10.3. The Morgan fingerprint density at radius 1 is 1.32 bits per heavy atom. The molecule has 3 N–H and O–H groups in total. The highest BCUT2D eigenvalue weighted by atomic mass is 32.2. The average molecular weight is 281 g/mol. The van der Waals surface area contributed by atoms with Gasteiger partial charge < -0.3 is 5.32 Å². The molecule has 2 rings (SSSR count). The number of anilines is 1. The molecule has 0 bridgehead atoms. The Hall–Kier alpha value is -2.26. The number of aromatic nitrogens is 3. The van der Waals surface area contributed by atoms with Crippen LogP contribution in [-0.2, 0) is 21.4 Å². The van der Waals surface area contributed by atoms with Crippen LogP contribution < -0.4 is 10.5 Å². The van der Waals surface area contributed by atoms with E-state index < -0.39 is 10.0 Å². The number of nitrogens with one attached hydrogen (secondary N) is 1. The standard InChI is InChI=1S/C10H11N5O3S/c11-19(17,18)9-3-1-8(2-4-9)14-10(16)5-15-7-12-6-13-15/h1-4,6-7H,5H2,(H,14,16)(H2,11,17,18). The second-order valence-electron chi connectivity index (χ2n) is 3.71. The van der Waals surface area contributed by atoms with E-state index in [0.717, 1.165) is 0 Å². The quantitative estimate of drug-likeness (QED) is 0.787. The van der Waals surface area contributed by atoms with Gasteiger partial charge >= 0.3 is 0 Å². The normalized spacial score (nSPS) is 11.2. The summed E-state index contributed by atoms with van der Waals surface area (Å²) in [6, 6.07) is 5.55. The molecule has 8 nitrogen and oxygen atoms in total. The van der Waals surface area contributed by atoms with E-state index in [1.807, 2.05) is 0 Å². The van der Waals surface area contributed by atoms with Gasteiger partial charge in [0.2, 0.25) is 15.9 Å². The van der Waals surface area contributed by atoms with Gasteiger partial charge in [-0.05, 0) is 24.3 Å². The molecule has 9 heteroatoms. The van der Waals surface area contributed by atoms with Crippen LogP contribution in [0.1, 0.15) is 0 Å². The van der Waals surface area contributed by atoms with Gasteiger partial charge in [0.15, 0.2) is 0 Å². The number of primary sulfonamides is 1. The number of sulfonamides is 1. The number of hydrogen-bond donors (Lipinski definition) is 2. The van der Waals surface area contributed by atoms with E-state index in [4.69, 9.17) is 5.14 Å². The van der Waals surface area contributed by atoms with Crippen LogP contribution in [-0.4, -0.2) is 29.1 Å². The number of amides is 1. The number of nitrogens with zero attached hydrogens (tertiary/aromatic N) is 3. The Morgan fingerprint density at radius 3 is 2.53 bits per heavy atom. The maximum absolute atomic E-state index is 11.6. The van der Waals surface area contributed by atoms with Gasteiger partial charge in [-0.15, -0.1) is 0 Å². The van der Waals surface area contributed by atoms with Crippen LogP contribution in [0.25, 0.3) is 0 Å². The maximum Gasteiger partial charge on any atom is 0.246 e. The summed E-state index contributed by atoms with van der Waals surface area (Å²) >= 11 is 0. The van der Waals surface area contributed by atoms with E-state index >= 15 is 0 Å². The van der Waals surface area contributed by atoms with Crippen LogP contribution in [0.5, 0.6) is 0 Å². The zero-order valence-corrected chi connectivity index (χ0v) is 10.5. The molecule has 0 radical (unpaired) electrons. The summed E-state index contributed by atoms with van der Waals surface area (Å²) in [5, 5.41) is 11.4. The second kappa shape index (κ2) is 5.16. The lowest BCUT2D eigenvalue weighted by Gasteiger charge is -2.05. The second-order valence-corrected chi connectivity index (χ2v) is 5.27. The molecule has 100 valence electrons. The topological polar surface area (TPSA) is 120 Å². The van der Waals surface area contributed by atoms with E-state index in [-0.39, 0.29) is 17.3 Å². The largest absolute Gasteiger partial charge is 0.324 e. The third-order valence-corrected chi connectivity index (χ3v) is 3.17. The molecular formula is C10H11N5O3S. The molecule has 1 aromatic heterocycles. The first kappa shape index (κ1) is 13.2. The zero-order chi connectivity index (χ0) is 13.9. The molecule has 0 spiro atoms. The Morgan fingerprint density at radius 2 is 2.00 bits per heavy atom. The molecule has 19 heavy (non-hydrogen) atoms. The van der Waals surface area contributed by atoms with Crippen molar-refractivity contribution in [2.45, 2.75) is 11.4 Å². The molecular weight excluding hydrogens is 270 g/mol. The summed E-state index contributed by atoms with van der Waals surface area (Å²) in [5.41, 5.74) is 0.470. The van der Waals surface area contributed by atoms with Crippen LogP contribution in [0.2, 0.25) is 0 Å². The molecule has 0 fully saturated rings. The first-order chi connectivity index (χ1) is 8.95. The van der Waals surface area contributed by atoms with Gasteiger partial charge in [-0.25, -0.2) is 23.2 Å². The van der Waals surface area contributed by atoms with Crippen molar-refractivity contribution in [1.82, 2.24) is 14.8 Å². The molecule has 1 heterocycles. The Balaban J connectivity index is 2.02. The Labute approximate surface area is 109 Å². The van der Waals surface area contributed by atoms with E-state index in [0.29, 0.717) is 5.69 Å². The summed E-state index contributed by atoms with van der Waals surface area (Å²) in [6.45, 7) is 0.0247. The summed E-state index contributed by atoms with van der Waals surface area (Å²) in [4.78, 5) is 15.3. The number of carbonyl (C=O) groups excluding carboxylic acids is 1. The van der Waals surface area contributed by atoms with Crippen molar-refractivity contribution in [3.8, 4) is 0 Å². The third-order valence-electron chi connectivity index (χ3n) is 2.24. The van der Waals surface area contributed by atoms with Crippen molar-refractivity contribution < 1.29 is 13.2 Å². The van der Waals surface area contributed by atoms with Crippen molar-refractivity contribution in [3.05, 3.63) is 36.9 Å².